The fourth-order valence-corrected chi connectivity index (χ4v) is 3.77. The Morgan fingerprint density at radius 2 is 1.75 bits per heavy atom. The molecule has 1 aliphatic carbocycles. The Bertz CT molecular complexity index is 641. The van der Waals surface area contributed by atoms with Gasteiger partial charge in [0.25, 0.3) is 0 Å². The average molecular weight is 389 g/mol. The van der Waals surface area contributed by atoms with Gasteiger partial charge in [-0.15, -0.1) is 0 Å². The first-order valence-electron chi connectivity index (χ1n) is 10.3. The molecule has 0 spiro atoms. The van der Waals surface area contributed by atoms with Crippen LogP contribution in [0.1, 0.15) is 63.9 Å². The molecule has 1 aromatic carbocycles. The van der Waals surface area contributed by atoms with Crippen molar-refractivity contribution in [3.8, 4) is 0 Å². The van der Waals surface area contributed by atoms with Gasteiger partial charge in [-0.3, -0.25) is 14.4 Å². The highest BCUT2D eigenvalue weighted by Gasteiger charge is 2.22. The van der Waals surface area contributed by atoms with E-state index in [9.17, 15) is 14.4 Å². The Kier molecular flexibility index (Phi) is 8.98. The summed E-state index contributed by atoms with van der Waals surface area (Å²) in [6.07, 6.45) is 7.14. The zero-order valence-electron chi connectivity index (χ0n) is 16.7. The van der Waals surface area contributed by atoms with Crippen LogP contribution in [0.4, 0.5) is 0 Å². The van der Waals surface area contributed by atoms with Crippen molar-refractivity contribution in [3.63, 3.8) is 0 Å². The fraction of sp³-hybridized carbons (Fsp3) is 0.591. The van der Waals surface area contributed by atoms with Crippen molar-refractivity contribution in [2.24, 2.45) is 5.92 Å². The second-order valence-corrected chi connectivity index (χ2v) is 7.83. The second kappa shape index (κ2) is 11.5. The minimum absolute atomic E-state index is 0.0137. The van der Waals surface area contributed by atoms with Crippen molar-refractivity contribution in [2.75, 3.05) is 0 Å². The summed E-state index contributed by atoms with van der Waals surface area (Å²) in [5.41, 5.74) is 1.03. The molecule has 0 bridgehead atoms. The molecule has 3 N–H and O–H groups in total. The van der Waals surface area contributed by atoms with Crippen LogP contribution in [-0.2, 0) is 20.8 Å². The van der Waals surface area contributed by atoms with Gasteiger partial charge in [-0.2, -0.15) is 0 Å². The molecule has 0 saturated heterocycles. The molecule has 1 aliphatic rings. The number of carbonyl (C=O) groups is 3. The van der Waals surface area contributed by atoms with Gasteiger partial charge in [0.15, 0.2) is 0 Å². The first kappa shape index (κ1) is 21.9. The first-order chi connectivity index (χ1) is 13.4. The lowest BCUT2D eigenvalue weighted by Crippen LogP contribution is -2.49. The molecule has 6 nitrogen and oxygen atoms in total. The summed E-state index contributed by atoms with van der Waals surface area (Å²) in [5.74, 6) is -0.824. The number of hydrogen-bond acceptors (Lipinski definition) is 3. The molecule has 1 saturated carbocycles. The minimum atomic E-state index is -0.888. The van der Waals surface area contributed by atoms with E-state index in [0.29, 0.717) is 25.2 Å². The number of amides is 2. The lowest BCUT2D eigenvalue weighted by atomic mass is 9.87. The van der Waals surface area contributed by atoms with Crippen molar-refractivity contribution in [3.05, 3.63) is 35.9 Å². The van der Waals surface area contributed by atoms with E-state index < -0.39 is 12.0 Å². The van der Waals surface area contributed by atoms with Crippen molar-refractivity contribution >= 4 is 17.8 Å². The third-order valence-electron chi connectivity index (χ3n) is 5.35. The second-order valence-electron chi connectivity index (χ2n) is 7.83. The molecule has 2 amide bonds. The smallest absolute Gasteiger partial charge is 0.303 e. The molecule has 0 heterocycles. The van der Waals surface area contributed by atoms with E-state index in [2.05, 4.69) is 10.6 Å². The Labute approximate surface area is 167 Å². The largest absolute Gasteiger partial charge is 0.481 e. The zero-order chi connectivity index (χ0) is 20.4. The van der Waals surface area contributed by atoms with Gasteiger partial charge in [-0.05, 0) is 44.1 Å². The van der Waals surface area contributed by atoms with Crippen molar-refractivity contribution in [1.82, 2.24) is 10.6 Å². The number of benzene rings is 1. The first-order valence-corrected chi connectivity index (χ1v) is 10.3. The molecular weight excluding hydrogens is 356 g/mol. The van der Waals surface area contributed by atoms with Crippen LogP contribution in [0.5, 0.6) is 0 Å². The van der Waals surface area contributed by atoms with Gasteiger partial charge in [0.2, 0.25) is 11.8 Å². The molecule has 28 heavy (non-hydrogen) atoms. The molecule has 1 fully saturated rings. The summed E-state index contributed by atoms with van der Waals surface area (Å²) >= 11 is 0. The summed E-state index contributed by atoms with van der Waals surface area (Å²) in [5, 5.41) is 14.7. The third-order valence-corrected chi connectivity index (χ3v) is 5.35. The molecule has 1 aromatic rings. The van der Waals surface area contributed by atoms with Crippen LogP contribution in [0.2, 0.25) is 0 Å². The van der Waals surface area contributed by atoms with E-state index in [-0.39, 0.29) is 24.3 Å². The lowest BCUT2D eigenvalue weighted by molar-refractivity contribution is -0.137. The Morgan fingerprint density at radius 1 is 1.07 bits per heavy atom. The third kappa shape index (κ3) is 8.11. The van der Waals surface area contributed by atoms with E-state index in [0.717, 1.165) is 18.4 Å². The number of hydrogen-bond donors (Lipinski definition) is 3. The Balaban J connectivity index is 1.85. The molecule has 0 radical (unpaired) electrons. The van der Waals surface area contributed by atoms with Crippen molar-refractivity contribution in [1.29, 1.82) is 0 Å². The highest BCUT2D eigenvalue weighted by Crippen LogP contribution is 2.26. The van der Waals surface area contributed by atoms with Crippen LogP contribution in [0.25, 0.3) is 0 Å². The molecule has 6 heteroatoms. The minimum Gasteiger partial charge on any atom is -0.481 e. The van der Waals surface area contributed by atoms with E-state index in [1.165, 1.54) is 19.3 Å². The molecule has 2 unspecified atom stereocenters. The molecule has 2 rings (SSSR count). The molecule has 2 atom stereocenters. The zero-order valence-corrected chi connectivity index (χ0v) is 16.7. The van der Waals surface area contributed by atoms with E-state index in [4.69, 9.17) is 5.11 Å². The van der Waals surface area contributed by atoms with Crippen LogP contribution in [0.3, 0.4) is 0 Å². The summed E-state index contributed by atoms with van der Waals surface area (Å²) in [4.78, 5) is 35.7. The maximum atomic E-state index is 12.5. The van der Waals surface area contributed by atoms with Gasteiger partial charge < -0.3 is 15.7 Å². The Hall–Kier alpha value is -2.37. The van der Waals surface area contributed by atoms with Gasteiger partial charge >= 0.3 is 5.97 Å². The molecule has 0 aliphatic heterocycles. The van der Waals surface area contributed by atoms with Crippen LogP contribution in [0.15, 0.2) is 30.3 Å². The van der Waals surface area contributed by atoms with Crippen LogP contribution < -0.4 is 10.6 Å². The predicted octanol–water partition coefficient (Wildman–Crippen LogP) is 3.05. The van der Waals surface area contributed by atoms with E-state index in [1.807, 2.05) is 30.3 Å². The number of carboxylic acids is 1. The quantitative estimate of drug-likeness (QED) is 0.574. The standard InChI is InChI=1S/C22H32N2O4/c1-16(23-20(25)15-18-10-6-3-7-11-18)22(28)24-19(12-13-21(26)27)14-17-8-4-2-5-9-17/h2,4-5,8-9,16,18-19H,3,6-7,10-15H2,1H3,(H,23,25)(H,24,28)(H,26,27). The van der Waals surface area contributed by atoms with Crippen LogP contribution in [-0.4, -0.2) is 35.0 Å². The molecule has 154 valence electrons. The van der Waals surface area contributed by atoms with Gasteiger partial charge in [0.05, 0.1) is 0 Å². The fourth-order valence-electron chi connectivity index (χ4n) is 3.77. The van der Waals surface area contributed by atoms with E-state index >= 15 is 0 Å². The number of aliphatic carboxylic acids is 1. The summed E-state index contributed by atoms with van der Waals surface area (Å²) in [7, 11) is 0. The molecule has 0 aromatic heterocycles. The average Bonchev–Trinajstić information content (AvgIpc) is 2.67. The number of carboxylic acid groups (broad SMARTS) is 1. The number of nitrogens with one attached hydrogen (secondary N) is 2. The van der Waals surface area contributed by atoms with Crippen LogP contribution >= 0.6 is 0 Å². The normalized spacial score (nSPS) is 16.8. The van der Waals surface area contributed by atoms with Crippen molar-refractivity contribution < 1.29 is 19.5 Å². The monoisotopic (exact) mass is 388 g/mol. The highest BCUT2D eigenvalue weighted by atomic mass is 16.4. The van der Waals surface area contributed by atoms with Gasteiger partial charge in [0, 0.05) is 18.9 Å². The topological polar surface area (TPSA) is 95.5 Å². The predicted molar refractivity (Wildman–Crippen MR) is 108 cm³/mol. The number of carbonyl (C=O) groups excluding carboxylic acids is 2. The van der Waals surface area contributed by atoms with Crippen LogP contribution in [0, 0.1) is 5.92 Å². The van der Waals surface area contributed by atoms with E-state index in [1.54, 1.807) is 6.92 Å². The SMILES string of the molecule is CC(NC(=O)CC1CCCCC1)C(=O)NC(CCC(=O)O)Cc1ccccc1. The lowest BCUT2D eigenvalue weighted by Gasteiger charge is -2.23. The molecular formula is C22H32N2O4. The summed E-state index contributed by atoms with van der Waals surface area (Å²) in [6, 6.07) is 8.73. The van der Waals surface area contributed by atoms with Gasteiger partial charge in [-0.1, -0.05) is 49.6 Å². The Morgan fingerprint density at radius 3 is 2.39 bits per heavy atom. The summed E-state index contributed by atoms with van der Waals surface area (Å²) < 4.78 is 0. The maximum Gasteiger partial charge on any atom is 0.303 e. The van der Waals surface area contributed by atoms with Gasteiger partial charge in [-0.25, -0.2) is 0 Å². The highest BCUT2D eigenvalue weighted by molar-refractivity contribution is 5.87. The van der Waals surface area contributed by atoms with Gasteiger partial charge in [0.1, 0.15) is 6.04 Å². The maximum absolute atomic E-state index is 12.5. The number of rotatable bonds is 10. The van der Waals surface area contributed by atoms with Crippen molar-refractivity contribution in [2.45, 2.75) is 76.8 Å². The summed E-state index contributed by atoms with van der Waals surface area (Å²) in [6.45, 7) is 1.67.